The molecule has 0 amide bonds. The average Bonchev–Trinajstić information content (AvgIpc) is 2.57. The summed E-state index contributed by atoms with van der Waals surface area (Å²) >= 11 is 1.83. The molecule has 0 unspecified atom stereocenters. The first-order chi connectivity index (χ1) is 11.2. The molecule has 0 aliphatic carbocycles. The predicted molar refractivity (Wildman–Crippen MR) is 96.0 cm³/mol. The van der Waals surface area contributed by atoms with Crippen molar-refractivity contribution in [3.8, 4) is 11.5 Å². The van der Waals surface area contributed by atoms with Crippen molar-refractivity contribution in [3.05, 3.63) is 23.8 Å². The van der Waals surface area contributed by atoms with Gasteiger partial charge in [0.25, 0.3) is 0 Å². The standard InChI is InChI=1S/C18H24N2O2S/c1-4-20(5-2)6-9-23-18-13(3)10-14-11-16-17(12-15(14)19-18)22-8-7-21-16/h10-12H,4-9H2,1-3H3. The van der Waals surface area contributed by atoms with Gasteiger partial charge in [-0.3, -0.25) is 0 Å². The lowest BCUT2D eigenvalue weighted by atomic mass is 10.1. The Kier molecular flexibility index (Phi) is 5.28. The van der Waals surface area contributed by atoms with Crippen LogP contribution in [0.5, 0.6) is 11.5 Å². The van der Waals surface area contributed by atoms with E-state index in [0.29, 0.717) is 13.2 Å². The first-order valence-electron chi connectivity index (χ1n) is 8.27. The van der Waals surface area contributed by atoms with Crippen LogP contribution in [-0.2, 0) is 0 Å². The van der Waals surface area contributed by atoms with Gasteiger partial charge in [-0.05, 0) is 37.7 Å². The van der Waals surface area contributed by atoms with Crippen molar-refractivity contribution in [1.29, 1.82) is 0 Å². The van der Waals surface area contributed by atoms with E-state index in [-0.39, 0.29) is 0 Å². The van der Waals surface area contributed by atoms with Gasteiger partial charge in [-0.2, -0.15) is 0 Å². The molecule has 2 aromatic rings. The van der Waals surface area contributed by atoms with E-state index in [0.717, 1.165) is 52.8 Å². The predicted octanol–water partition coefficient (Wildman–Crippen LogP) is 3.75. The van der Waals surface area contributed by atoms with Gasteiger partial charge >= 0.3 is 0 Å². The van der Waals surface area contributed by atoms with E-state index in [9.17, 15) is 0 Å². The highest BCUT2D eigenvalue weighted by Crippen LogP contribution is 2.35. The third kappa shape index (κ3) is 3.72. The van der Waals surface area contributed by atoms with E-state index in [4.69, 9.17) is 14.5 Å². The fraction of sp³-hybridized carbons (Fsp3) is 0.500. The minimum Gasteiger partial charge on any atom is -0.486 e. The number of fused-ring (bicyclic) bond motifs is 2. The lowest BCUT2D eigenvalue weighted by Gasteiger charge is -2.19. The summed E-state index contributed by atoms with van der Waals surface area (Å²) < 4.78 is 11.3. The molecule has 0 N–H and O–H groups in total. The first-order valence-corrected chi connectivity index (χ1v) is 9.26. The Morgan fingerprint density at radius 1 is 1.09 bits per heavy atom. The Labute approximate surface area is 142 Å². The Morgan fingerprint density at radius 3 is 2.48 bits per heavy atom. The number of hydrogen-bond acceptors (Lipinski definition) is 5. The molecular formula is C18H24N2O2S. The van der Waals surface area contributed by atoms with Crippen LogP contribution in [-0.4, -0.2) is 48.5 Å². The summed E-state index contributed by atoms with van der Waals surface area (Å²) in [6.07, 6.45) is 0. The second kappa shape index (κ2) is 7.41. The van der Waals surface area contributed by atoms with Crippen LogP contribution in [0.1, 0.15) is 19.4 Å². The Bertz CT molecular complexity index is 686. The van der Waals surface area contributed by atoms with Crippen molar-refractivity contribution in [3.63, 3.8) is 0 Å². The number of benzene rings is 1. The zero-order valence-corrected chi connectivity index (χ0v) is 14.9. The van der Waals surface area contributed by atoms with Crippen molar-refractivity contribution in [2.24, 2.45) is 0 Å². The highest BCUT2D eigenvalue weighted by atomic mass is 32.2. The van der Waals surface area contributed by atoms with E-state index in [1.807, 2.05) is 23.9 Å². The van der Waals surface area contributed by atoms with Gasteiger partial charge in [0.2, 0.25) is 0 Å². The van der Waals surface area contributed by atoms with Crippen LogP contribution < -0.4 is 9.47 Å². The van der Waals surface area contributed by atoms with Crippen LogP contribution in [0.3, 0.4) is 0 Å². The lowest BCUT2D eigenvalue weighted by Crippen LogP contribution is -2.25. The van der Waals surface area contributed by atoms with Crippen molar-refractivity contribution in [2.75, 3.05) is 38.6 Å². The summed E-state index contributed by atoms with van der Waals surface area (Å²) in [4.78, 5) is 7.28. The van der Waals surface area contributed by atoms with Gasteiger partial charge in [0.1, 0.15) is 13.2 Å². The maximum atomic E-state index is 5.66. The zero-order chi connectivity index (χ0) is 16.2. The molecule has 0 saturated heterocycles. The number of hydrogen-bond donors (Lipinski definition) is 0. The number of ether oxygens (including phenoxy) is 2. The number of nitrogens with zero attached hydrogens (tertiary/aromatic N) is 2. The third-order valence-corrected chi connectivity index (χ3v) is 5.24. The number of rotatable bonds is 6. The average molecular weight is 332 g/mol. The van der Waals surface area contributed by atoms with E-state index >= 15 is 0 Å². The molecule has 4 nitrogen and oxygen atoms in total. The third-order valence-electron chi connectivity index (χ3n) is 4.16. The monoisotopic (exact) mass is 332 g/mol. The van der Waals surface area contributed by atoms with Crippen LogP contribution >= 0.6 is 11.8 Å². The van der Waals surface area contributed by atoms with Crippen LogP contribution in [0.2, 0.25) is 0 Å². The maximum absolute atomic E-state index is 5.66. The Morgan fingerprint density at radius 2 is 1.78 bits per heavy atom. The van der Waals surface area contributed by atoms with Crippen molar-refractivity contribution < 1.29 is 9.47 Å². The van der Waals surface area contributed by atoms with Gasteiger partial charge in [-0.1, -0.05) is 13.8 Å². The van der Waals surface area contributed by atoms with Gasteiger partial charge < -0.3 is 14.4 Å². The Hall–Kier alpha value is -1.46. The van der Waals surface area contributed by atoms with Gasteiger partial charge in [-0.15, -0.1) is 11.8 Å². The second-order valence-electron chi connectivity index (χ2n) is 5.67. The molecule has 0 atom stereocenters. The summed E-state index contributed by atoms with van der Waals surface area (Å²) in [5.74, 6) is 2.69. The number of aromatic nitrogens is 1. The van der Waals surface area contributed by atoms with Crippen LogP contribution in [0.25, 0.3) is 10.9 Å². The minimum absolute atomic E-state index is 0.607. The molecule has 2 heterocycles. The summed E-state index contributed by atoms with van der Waals surface area (Å²) in [6, 6.07) is 6.23. The van der Waals surface area contributed by atoms with Crippen LogP contribution in [0.15, 0.2) is 23.2 Å². The quantitative estimate of drug-likeness (QED) is 0.753. The molecule has 1 aromatic heterocycles. The smallest absolute Gasteiger partial charge is 0.163 e. The van der Waals surface area contributed by atoms with E-state index in [1.165, 1.54) is 5.56 Å². The summed E-state index contributed by atoms with van der Waals surface area (Å²) in [5.41, 5.74) is 2.20. The second-order valence-corrected chi connectivity index (χ2v) is 6.76. The molecule has 1 aliphatic heterocycles. The molecule has 0 bridgehead atoms. The fourth-order valence-electron chi connectivity index (χ4n) is 2.76. The van der Waals surface area contributed by atoms with Gasteiger partial charge in [0, 0.05) is 23.8 Å². The van der Waals surface area contributed by atoms with Gasteiger partial charge in [0.15, 0.2) is 11.5 Å². The van der Waals surface area contributed by atoms with Crippen molar-refractivity contribution in [2.45, 2.75) is 25.8 Å². The molecule has 5 heteroatoms. The number of pyridine rings is 1. The summed E-state index contributed by atoms with van der Waals surface area (Å²) in [7, 11) is 0. The van der Waals surface area contributed by atoms with Crippen LogP contribution in [0.4, 0.5) is 0 Å². The van der Waals surface area contributed by atoms with Gasteiger partial charge in [-0.25, -0.2) is 4.98 Å². The molecule has 0 saturated carbocycles. The largest absolute Gasteiger partial charge is 0.486 e. The molecule has 0 radical (unpaired) electrons. The lowest BCUT2D eigenvalue weighted by molar-refractivity contribution is 0.172. The van der Waals surface area contributed by atoms with Crippen molar-refractivity contribution >= 4 is 22.7 Å². The fourth-order valence-corrected chi connectivity index (χ4v) is 3.75. The van der Waals surface area contributed by atoms with Gasteiger partial charge in [0.05, 0.1) is 10.5 Å². The summed E-state index contributed by atoms with van der Waals surface area (Å²) in [6.45, 7) is 11.1. The van der Waals surface area contributed by atoms with Crippen molar-refractivity contribution in [1.82, 2.24) is 9.88 Å². The topological polar surface area (TPSA) is 34.6 Å². The zero-order valence-electron chi connectivity index (χ0n) is 14.1. The molecule has 124 valence electrons. The normalized spacial score (nSPS) is 13.7. The first kappa shape index (κ1) is 16.4. The SMILES string of the molecule is CCN(CC)CCSc1nc2cc3c(cc2cc1C)OCCO3. The molecule has 3 rings (SSSR count). The number of thioether (sulfide) groups is 1. The van der Waals surface area contributed by atoms with Crippen LogP contribution in [0, 0.1) is 6.92 Å². The molecule has 0 spiro atoms. The van der Waals surface area contributed by atoms with E-state index in [1.54, 1.807) is 0 Å². The highest BCUT2D eigenvalue weighted by Gasteiger charge is 2.14. The minimum atomic E-state index is 0.607. The highest BCUT2D eigenvalue weighted by molar-refractivity contribution is 7.99. The molecular weight excluding hydrogens is 308 g/mol. The molecule has 1 aliphatic rings. The van der Waals surface area contributed by atoms with E-state index in [2.05, 4.69) is 31.7 Å². The Balaban J connectivity index is 1.79. The van der Waals surface area contributed by atoms with E-state index < -0.39 is 0 Å². The molecule has 1 aromatic carbocycles. The maximum Gasteiger partial charge on any atom is 0.163 e. The molecule has 23 heavy (non-hydrogen) atoms. The molecule has 0 fully saturated rings. The summed E-state index contributed by atoms with van der Waals surface area (Å²) in [5, 5.41) is 2.22. The number of aryl methyl sites for hydroxylation is 1.